The van der Waals surface area contributed by atoms with Crippen LogP contribution < -0.4 is 5.32 Å². The van der Waals surface area contributed by atoms with Gasteiger partial charge in [-0.2, -0.15) is 0 Å². The molecule has 0 saturated heterocycles. The van der Waals surface area contributed by atoms with Crippen molar-refractivity contribution in [3.63, 3.8) is 0 Å². The third-order valence-corrected chi connectivity index (χ3v) is 4.62. The topological polar surface area (TPSA) is 66.4 Å². The molecular formula is C15H17Cl2NO3. The van der Waals surface area contributed by atoms with Crippen molar-refractivity contribution in [1.29, 1.82) is 0 Å². The van der Waals surface area contributed by atoms with Crippen LogP contribution in [0.5, 0.6) is 0 Å². The molecule has 6 heteroatoms. The Hall–Kier alpha value is -1.26. The fraction of sp³-hybridized carbons (Fsp3) is 0.467. The highest BCUT2D eigenvalue weighted by Gasteiger charge is 2.41. The lowest BCUT2D eigenvalue weighted by molar-refractivity contribution is -0.153. The first kappa shape index (κ1) is 16.1. The van der Waals surface area contributed by atoms with E-state index in [1.165, 1.54) is 0 Å². The van der Waals surface area contributed by atoms with Crippen molar-refractivity contribution in [1.82, 2.24) is 0 Å². The Balaban J connectivity index is 2.11. The van der Waals surface area contributed by atoms with Crippen LogP contribution in [0, 0.1) is 5.41 Å². The summed E-state index contributed by atoms with van der Waals surface area (Å²) < 4.78 is 0. The summed E-state index contributed by atoms with van der Waals surface area (Å²) in [6, 6.07) is 4.92. The summed E-state index contributed by atoms with van der Waals surface area (Å²) in [5.41, 5.74) is -0.627. The minimum atomic E-state index is -0.962. The zero-order chi connectivity index (χ0) is 15.5. The maximum absolute atomic E-state index is 12.2. The van der Waals surface area contributed by atoms with Crippen molar-refractivity contribution in [2.24, 2.45) is 5.41 Å². The van der Waals surface area contributed by atoms with Gasteiger partial charge in [-0.3, -0.25) is 9.59 Å². The smallest absolute Gasteiger partial charge is 0.310 e. The first-order chi connectivity index (χ1) is 9.94. The van der Waals surface area contributed by atoms with Crippen molar-refractivity contribution in [2.75, 3.05) is 5.32 Å². The highest BCUT2D eigenvalue weighted by Crippen LogP contribution is 2.40. The van der Waals surface area contributed by atoms with E-state index in [9.17, 15) is 14.7 Å². The number of carboxylic acid groups (broad SMARTS) is 1. The van der Waals surface area contributed by atoms with Gasteiger partial charge in [0.1, 0.15) is 0 Å². The number of nitrogens with one attached hydrogen (secondary N) is 1. The molecule has 0 heterocycles. The Labute approximate surface area is 133 Å². The van der Waals surface area contributed by atoms with Gasteiger partial charge in [-0.1, -0.05) is 48.5 Å². The van der Waals surface area contributed by atoms with Gasteiger partial charge in [0.2, 0.25) is 5.91 Å². The number of aliphatic carboxylic acids is 1. The molecule has 2 N–H and O–H groups in total. The average Bonchev–Trinajstić information content (AvgIpc) is 2.44. The van der Waals surface area contributed by atoms with E-state index < -0.39 is 11.4 Å². The molecule has 4 nitrogen and oxygen atoms in total. The number of hydrogen-bond donors (Lipinski definition) is 2. The molecule has 0 aliphatic heterocycles. The maximum Gasteiger partial charge on any atom is 0.310 e. The summed E-state index contributed by atoms with van der Waals surface area (Å²) in [4.78, 5) is 23.8. The van der Waals surface area contributed by atoms with Crippen LogP contribution in [0.1, 0.15) is 38.5 Å². The number of benzene rings is 1. The van der Waals surface area contributed by atoms with Gasteiger partial charge >= 0.3 is 5.97 Å². The third-order valence-electron chi connectivity index (χ3n) is 3.99. The van der Waals surface area contributed by atoms with E-state index in [2.05, 4.69) is 5.32 Å². The van der Waals surface area contributed by atoms with E-state index in [4.69, 9.17) is 23.2 Å². The molecule has 0 aromatic heterocycles. The van der Waals surface area contributed by atoms with E-state index in [-0.39, 0.29) is 12.3 Å². The number of carbonyl (C=O) groups is 2. The zero-order valence-corrected chi connectivity index (χ0v) is 13.0. The number of anilines is 1. The van der Waals surface area contributed by atoms with Gasteiger partial charge in [0.05, 0.1) is 21.1 Å². The van der Waals surface area contributed by atoms with Crippen LogP contribution in [-0.4, -0.2) is 17.0 Å². The SMILES string of the molecule is O=C(CC1(C(=O)O)CCCCC1)Nc1c(Cl)cccc1Cl. The Morgan fingerprint density at radius 2 is 1.71 bits per heavy atom. The molecule has 1 fully saturated rings. The molecule has 1 saturated carbocycles. The Morgan fingerprint density at radius 3 is 2.24 bits per heavy atom. The first-order valence-electron chi connectivity index (χ1n) is 6.92. The highest BCUT2D eigenvalue weighted by molar-refractivity contribution is 6.39. The molecule has 1 aliphatic rings. The minimum Gasteiger partial charge on any atom is -0.481 e. The third kappa shape index (κ3) is 3.69. The van der Waals surface area contributed by atoms with Crippen molar-refractivity contribution in [3.05, 3.63) is 28.2 Å². The highest BCUT2D eigenvalue weighted by atomic mass is 35.5. The van der Waals surface area contributed by atoms with Crippen LogP contribution in [0.2, 0.25) is 10.0 Å². The van der Waals surface area contributed by atoms with Crippen LogP contribution in [0.15, 0.2) is 18.2 Å². The van der Waals surface area contributed by atoms with E-state index in [0.29, 0.717) is 28.6 Å². The van der Waals surface area contributed by atoms with Crippen LogP contribution in [0.4, 0.5) is 5.69 Å². The number of hydrogen-bond acceptors (Lipinski definition) is 2. The van der Waals surface area contributed by atoms with Gasteiger partial charge in [-0.25, -0.2) is 0 Å². The summed E-state index contributed by atoms with van der Waals surface area (Å²) in [6.45, 7) is 0. The fourth-order valence-electron chi connectivity index (χ4n) is 2.80. The monoisotopic (exact) mass is 329 g/mol. The van der Waals surface area contributed by atoms with Crippen molar-refractivity contribution in [3.8, 4) is 0 Å². The fourth-order valence-corrected chi connectivity index (χ4v) is 3.29. The molecule has 1 amide bonds. The molecule has 21 heavy (non-hydrogen) atoms. The molecular weight excluding hydrogens is 313 g/mol. The molecule has 2 rings (SSSR count). The Kier molecular flexibility index (Phi) is 5.12. The Bertz CT molecular complexity index is 534. The molecule has 114 valence electrons. The predicted octanol–water partition coefficient (Wildman–Crippen LogP) is 4.36. The van der Waals surface area contributed by atoms with Gasteiger partial charge in [-0.05, 0) is 25.0 Å². The lowest BCUT2D eigenvalue weighted by Gasteiger charge is -2.32. The lowest BCUT2D eigenvalue weighted by atomic mass is 9.71. The van der Waals surface area contributed by atoms with E-state index in [1.807, 2.05) is 0 Å². The molecule has 0 radical (unpaired) electrons. The molecule has 0 spiro atoms. The number of halogens is 2. The summed E-state index contributed by atoms with van der Waals surface area (Å²) in [5, 5.41) is 12.8. The molecule has 0 atom stereocenters. The number of amides is 1. The van der Waals surface area contributed by atoms with Crippen LogP contribution in [0.25, 0.3) is 0 Å². The first-order valence-corrected chi connectivity index (χ1v) is 7.67. The second kappa shape index (κ2) is 6.67. The van der Waals surface area contributed by atoms with Crippen LogP contribution >= 0.6 is 23.2 Å². The second-order valence-electron chi connectivity index (χ2n) is 5.47. The predicted molar refractivity (Wildman–Crippen MR) is 82.9 cm³/mol. The normalized spacial score (nSPS) is 17.2. The number of carboxylic acids is 1. The van der Waals surface area contributed by atoms with Gasteiger partial charge in [-0.15, -0.1) is 0 Å². The number of rotatable bonds is 4. The van der Waals surface area contributed by atoms with Crippen LogP contribution in [0.3, 0.4) is 0 Å². The van der Waals surface area contributed by atoms with E-state index in [1.54, 1.807) is 18.2 Å². The van der Waals surface area contributed by atoms with Crippen molar-refractivity contribution < 1.29 is 14.7 Å². The summed E-state index contributed by atoms with van der Waals surface area (Å²) in [5.74, 6) is -1.27. The zero-order valence-electron chi connectivity index (χ0n) is 11.5. The van der Waals surface area contributed by atoms with Crippen molar-refractivity contribution in [2.45, 2.75) is 38.5 Å². The van der Waals surface area contributed by atoms with Gasteiger partial charge in [0.25, 0.3) is 0 Å². The standard InChI is InChI=1S/C15H17Cl2NO3/c16-10-5-4-6-11(17)13(10)18-12(19)9-15(14(20)21)7-2-1-3-8-15/h4-6H,1-3,7-9H2,(H,18,19)(H,20,21). The molecule has 1 aromatic carbocycles. The van der Waals surface area contributed by atoms with Gasteiger partial charge < -0.3 is 10.4 Å². The maximum atomic E-state index is 12.2. The molecule has 0 bridgehead atoms. The number of para-hydroxylation sites is 1. The number of carbonyl (C=O) groups excluding carboxylic acids is 1. The summed E-state index contributed by atoms with van der Waals surface area (Å²) >= 11 is 12.0. The van der Waals surface area contributed by atoms with E-state index >= 15 is 0 Å². The lowest BCUT2D eigenvalue weighted by Crippen LogP contribution is -2.37. The quantitative estimate of drug-likeness (QED) is 0.862. The van der Waals surface area contributed by atoms with Crippen LogP contribution in [-0.2, 0) is 9.59 Å². The molecule has 0 unspecified atom stereocenters. The van der Waals surface area contributed by atoms with E-state index in [0.717, 1.165) is 19.3 Å². The summed E-state index contributed by atoms with van der Waals surface area (Å²) in [7, 11) is 0. The summed E-state index contributed by atoms with van der Waals surface area (Å²) in [6.07, 6.45) is 3.72. The van der Waals surface area contributed by atoms with Crippen molar-refractivity contribution >= 4 is 40.8 Å². The molecule has 1 aliphatic carbocycles. The average molecular weight is 330 g/mol. The second-order valence-corrected chi connectivity index (χ2v) is 6.28. The minimum absolute atomic E-state index is 0.0517. The molecule has 1 aromatic rings. The van der Waals surface area contributed by atoms with Gasteiger partial charge in [0, 0.05) is 6.42 Å². The van der Waals surface area contributed by atoms with Gasteiger partial charge in [0.15, 0.2) is 0 Å². The Morgan fingerprint density at radius 1 is 1.14 bits per heavy atom. The largest absolute Gasteiger partial charge is 0.481 e.